The van der Waals surface area contributed by atoms with Crippen LogP contribution in [-0.2, 0) is 0 Å². The minimum Gasteiger partial charge on any atom is -0.494 e. The molecule has 0 amide bonds. The van der Waals surface area contributed by atoms with Gasteiger partial charge in [0.15, 0.2) is 0 Å². The Balaban J connectivity index is 1.55. The summed E-state index contributed by atoms with van der Waals surface area (Å²) in [5.74, 6) is 0.978. The molecule has 0 saturated carbocycles. The van der Waals surface area contributed by atoms with Crippen molar-refractivity contribution in [2.24, 2.45) is 0 Å². The molecular weight excluding hydrogens is 374 g/mol. The Kier molecular flexibility index (Phi) is 8.77. The number of ether oxygens (including phenoxy) is 1. The number of unbranched alkanes of at least 4 members (excludes halogenated alkanes) is 5. The fraction of sp³-hybridized carbons (Fsp3) is 0.545. The van der Waals surface area contributed by atoms with Crippen molar-refractivity contribution < 1.29 is 4.74 Å². The smallest absolute Gasteiger partial charge is 0.119 e. The van der Waals surface area contributed by atoms with Crippen molar-refractivity contribution >= 4 is 26.7 Å². The summed E-state index contributed by atoms with van der Waals surface area (Å²) in [6.45, 7) is 6.56. The maximum absolute atomic E-state index is 5.91. The standard InChI is InChI=1S/C22H32BrNO/c1-18(2)24(3)14-8-6-4-5-7-9-15-25-22-13-11-19-16-21(23)12-10-20(19)17-22/h10-13,16-18H,4-9,14-15H2,1-3H3. The van der Waals surface area contributed by atoms with E-state index in [4.69, 9.17) is 4.74 Å². The molecule has 0 aliphatic carbocycles. The van der Waals surface area contributed by atoms with Crippen LogP contribution in [-0.4, -0.2) is 31.1 Å². The molecule has 2 aromatic rings. The van der Waals surface area contributed by atoms with Crippen LogP contribution < -0.4 is 4.74 Å². The van der Waals surface area contributed by atoms with Gasteiger partial charge in [-0.25, -0.2) is 0 Å². The van der Waals surface area contributed by atoms with Gasteiger partial charge in [0.2, 0.25) is 0 Å². The number of benzene rings is 2. The van der Waals surface area contributed by atoms with E-state index in [9.17, 15) is 0 Å². The number of fused-ring (bicyclic) bond motifs is 1. The minimum absolute atomic E-state index is 0.661. The molecule has 0 unspecified atom stereocenters. The van der Waals surface area contributed by atoms with Crippen molar-refractivity contribution in [3.63, 3.8) is 0 Å². The molecule has 2 aromatic carbocycles. The molecule has 0 aliphatic rings. The molecule has 25 heavy (non-hydrogen) atoms. The fourth-order valence-corrected chi connectivity index (χ4v) is 3.28. The Labute approximate surface area is 161 Å². The summed E-state index contributed by atoms with van der Waals surface area (Å²) >= 11 is 3.51. The Morgan fingerprint density at radius 3 is 2.28 bits per heavy atom. The SMILES string of the molecule is CC(C)N(C)CCCCCCCCOc1ccc2cc(Br)ccc2c1. The number of rotatable bonds is 11. The molecular formula is C22H32BrNO. The van der Waals surface area contributed by atoms with Crippen molar-refractivity contribution in [1.29, 1.82) is 0 Å². The number of hydrogen-bond acceptors (Lipinski definition) is 2. The molecule has 0 aliphatic heterocycles. The predicted octanol–water partition coefficient (Wildman–Crippen LogP) is 6.66. The predicted molar refractivity (Wildman–Crippen MR) is 113 cm³/mol. The third-order valence-corrected chi connectivity index (χ3v) is 5.32. The zero-order chi connectivity index (χ0) is 18.1. The quantitative estimate of drug-likeness (QED) is 0.387. The van der Waals surface area contributed by atoms with Crippen molar-refractivity contribution in [3.05, 3.63) is 40.9 Å². The van der Waals surface area contributed by atoms with Crippen LogP contribution in [0.2, 0.25) is 0 Å². The average Bonchev–Trinajstić information content (AvgIpc) is 2.60. The van der Waals surface area contributed by atoms with Gasteiger partial charge in [0.1, 0.15) is 5.75 Å². The highest BCUT2D eigenvalue weighted by Crippen LogP contribution is 2.24. The van der Waals surface area contributed by atoms with Crippen LogP contribution >= 0.6 is 15.9 Å². The Bertz CT molecular complexity index is 641. The lowest BCUT2D eigenvalue weighted by atomic mass is 10.1. The first-order chi connectivity index (χ1) is 12.1. The van der Waals surface area contributed by atoms with Gasteiger partial charge in [0.25, 0.3) is 0 Å². The van der Waals surface area contributed by atoms with E-state index in [0.717, 1.165) is 23.2 Å². The largest absolute Gasteiger partial charge is 0.494 e. The molecule has 2 rings (SSSR count). The van der Waals surface area contributed by atoms with Crippen LogP contribution in [0.5, 0.6) is 5.75 Å². The average molecular weight is 406 g/mol. The summed E-state index contributed by atoms with van der Waals surface area (Å²) in [5.41, 5.74) is 0. The van der Waals surface area contributed by atoms with E-state index >= 15 is 0 Å². The second-order valence-electron chi connectivity index (χ2n) is 7.20. The fourth-order valence-electron chi connectivity index (χ4n) is 2.90. The molecule has 138 valence electrons. The zero-order valence-electron chi connectivity index (χ0n) is 15.9. The van der Waals surface area contributed by atoms with E-state index in [1.165, 1.54) is 49.4 Å². The molecule has 0 aromatic heterocycles. The molecule has 0 heterocycles. The van der Waals surface area contributed by atoms with Crippen LogP contribution in [0, 0.1) is 0 Å². The highest BCUT2D eigenvalue weighted by Gasteiger charge is 2.02. The third kappa shape index (κ3) is 7.37. The van der Waals surface area contributed by atoms with Gasteiger partial charge in [-0.15, -0.1) is 0 Å². The highest BCUT2D eigenvalue weighted by molar-refractivity contribution is 9.10. The second-order valence-corrected chi connectivity index (χ2v) is 8.11. The van der Waals surface area contributed by atoms with Crippen LogP contribution in [0.15, 0.2) is 40.9 Å². The van der Waals surface area contributed by atoms with Crippen molar-refractivity contribution in [2.45, 2.75) is 58.4 Å². The lowest BCUT2D eigenvalue weighted by Crippen LogP contribution is -2.27. The molecule has 2 nitrogen and oxygen atoms in total. The van der Waals surface area contributed by atoms with Crippen LogP contribution in [0.3, 0.4) is 0 Å². The van der Waals surface area contributed by atoms with E-state index in [2.05, 4.69) is 78.1 Å². The Morgan fingerprint density at radius 2 is 1.52 bits per heavy atom. The number of halogens is 1. The van der Waals surface area contributed by atoms with Crippen LogP contribution in [0.25, 0.3) is 10.8 Å². The minimum atomic E-state index is 0.661. The summed E-state index contributed by atoms with van der Waals surface area (Å²) < 4.78 is 7.03. The number of hydrogen-bond donors (Lipinski definition) is 0. The first kappa shape index (κ1) is 20.3. The molecule has 0 fully saturated rings. The highest BCUT2D eigenvalue weighted by atomic mass is 79.9. The van der Waals surface area contributed by atoms with E-state index < -0.39 is 0 Å². The first-order valence-corrected chi connectivity index (χ1v) is 10.4. The lowest BCUT2D eigenvalue weighted by Gasteiger charge is -2.20. The Hall–Kier alpha value is -1.06. The maximum Gasteiger partial charge on any atom is 0.119 e. The van der Waals surface area contributed by atoms with E-state index in [0.29, 0.717) is 6.04 Å². The van der Waals surface area contributed by atoms with Crippen LogP contribution in [0.1, 0.15) is 52.4 Å². The summed E-state index contributed by atoms with van der Waals surface area (Å²) in [4.78, 5) is 2.43. The monoisotopic (exact) mass is 405 g/mol. The zero-order valence-corrected chi connectivity index (χ0v) is 17.5. The maximum atomic E-state index is 5.91. The summed E-state index contributed by atoms with van der Waals surface area (Å²) in [6, 6.07) is 13.3. The lowest BCUT2D eigenvalue weighted by molar-refractivity contribution is 0.266. The first-order valence-electron chi connectivity index (χ1n) is 9.58. The summed E-state index contributed by atoms with van der Waals surface area (Å²) in [5, 5.41) is 2.47. The van der Waals surface area contributed by atoms with Gasteiger partial charge >= 0.3 is 0 Å². The molecule has 0 atom stereocenters. The van der Waals surface area contributed by atoms with Gasteiger partial charge in [0, 0.05) is 10.5 Å². The van der Waals surface area contributed by atoms with Crippen molar-refractivity contribution in [3.8, 4) is 5.75 Å². The van der Waals surface area contributed by atoms with Gasteiger partial charge in [-0.3, -0.25) is 0 Å². The topological polar surface area (TPSA) is 12.5 Å². The number of nitrogens with zero attached hydrogens (tertiary/aromatic N) is 1. The molecule has 0 saturated heterocycles. The molecule has 0 radical (unpaired) electrons. The Morgan fingerprint density at radius 1 is 0.880 bits per heavy atom. The molecule has 0 bridgehead atoms. The third-order valence-electron chi connectivity index (χ3n) is 4.83. The van der Waals surface area contributed by atoms with Gasteiger partial charge in [0.05, 0.1) is 6.61 Å². The van der Waals surface area contributed by atoms with E-state index in [-0.39, 0.29) is 0 Å². The van der Waals surface area contributed by atoms with Gasteiger partial charge in [-0.05, 0) is 75.3 Å². The summed E-state index contributed by atoms with van der Waals surface area (Å²) in [7, 11) is 2.22. The normalized spacial score (nSPS) is 11.6. The van der Waals surface area contributed by atoms with Crippen molar-refractivity contribution in [2.75, 3.05) is 20.2 Å². The van der Waals surface area contributed by atoms with Crippen LogP contribution in [0.4, 0.5) is 0 Å². The van der Waals surface area contributed by atoms with Gasteiger partial charge < -0.3 is 9.64 Å². The summed E-state index contributed by atoms with van der Waals surface area (Å²) in [6.07, 6.45) is 7.73. The van der Waals surface area contributed by atoms with Gasteiger partial charge in [-0.2, -0.15) is 0 Å². The van der Waals surface area contributed by atoms with Crippen molar-refractivity contribution in [1.82, 2.24) is 4.90 Å². The molecule has 0 N–H and O–H groups in total. The van der Waals surface area contributed by atoms with E-state index in [1.54, 1.807) is 0 Å². The second kappa shape index (κ2) is 10.8. The molecule has 3 heteroatoms. The molecule has 0 spiro atoms. The van der Waals surface area contributed by atoms with E-state index in [1.807, 2.05) is 0 Å². The van der Waals surface area contributed by atoms with Gasteiger partial charge in [-0.1, -0.05) is 53.7 Å².